The van der Waals surface area contributed by atoms with E-state index in [2.05, 4.69) is 5.32 Å². The van der Waals surface area contributed by atoms with Gasteiger partial charge in [0.2, 0.25) is 17.7 Å². The van der Waals surface area contributed by atoms with Crippen molar-refractivity contribution in [1.82, 2.24) is 4.90 Å². The average Bonchev–Trinajstić information content (AvgIpc) is 2.79. The van der Waals surface area contributed by atoms with E-state index in [-0.39, 0.29) is 29.6 Å². The van der Waals surface area contributed by atoms with Crippen LogP contribution in [0.15, 0.2) is 42.5 Å². The third kappa shape index (κ3) is 2.43. The molecule has 3 amide bonds. The number of fused-ring (bicyclic) bond motifs is 1. The van der Waals surface area contributed by atoms with E-state index >= 15 is 0 Å². The van der Waals surface area contributed by atoms with Crippen molar-refractivity contribution in [1.29, 1.82) is 0 Å². The number of benzene rings is 1. The molecule has 1 N–H and O–H groups in total. The minimum Gasteiger partial charge on any atom is -0.324 e. The van der Waals surface area contributed by atoms with Crippen LogP contribution in [0.25, 0.3) is 0 Å². The van der Waals surface area contributed by atoms with Crippen LogP contribution in [-0.4, -0.2) is 28.7 Å². The Morgan fingerprint density at radius 1 is 1.09 bits per heavy atom. The Morgan fingerprint density at radius 3 is 2.18 bits per heavy atom. The molecular formula is C17H18N2O3. The molecule has 5 nitrogen and oxygen atoms in total. The van der Waals surface area contributed by atoms with Gasteiger partial charge in [0.15, 0.2) is 0 Å². The second-order valence-electron chi connectivity index (χ2n) is 5.73. The van der Waals surface area contributed by atoms with Crippen LogP contribution in [0.3, 0.4) is 0 Å². The molecular weight excluding hydrogens is 280 g/mol. The number of imide groups is 1. The molecule has 2 aliphatic rings. The fraction of sp³-hybridized carbons (Fsp3) is 0.353. The second-order valence-corrected chi connectivity index (χ2v) is 5.73. The number of amides is 3. The van der Waals surface area contributed by atoms with Gasteiger partial charge in [-0.3, -0.25) is 19.3 Å². The highest BCUT2D eigenvalue weighted by Crippen LogP contribution is 2.36. The van der Waals surface area contributed by atoms with Crippen LogP contribution in [0.1, 0.15) is 19.8 Å². The fourth-order valence-electron chi connectivity index (χ4n) is 3.09. The van der Waals surface area contributed by atoms with E-state index in [0.29, 0.717) is 18.5 Å². The number of carbonyl (C=O) groups is 3. The van der Waals surface area contributed by atoms with Gasteiger partial charge in [0, 0.05) is 5.69 Å². The van der Waals surface area contributed by atoms with E-state index in [0.717, 1.165) is 4.90 Å². The summed E-state index contributed by atoms with van der Waals surface area (Å²) in [6, 6.07) is 8.21. The second kappa shape index (κ2) is 5.75. The number of hydrogen-bond acceptors (Lipinski definition) is 3. The van der Waals surface area contributed by atoms with Crippen LogP contribution >= 0.6 is 0 Å². The predicted molar refractivity (Wildman–Crippen MR) is 81.7 cm³/mol. The van der Waals surface area contributed by atoms with E-state index < -0.39 is 6.04 Å². The van der Waals surface area contributed by atoms with Crippen LogP contribution in [0, 0.1) is 11.8 Å². The third-order valence-corrected chi connectivity index (χ3v) is 4.35. The Morgan fingerprint density at radius 2 is 1.64 bits per heavy atom. The molecule has 114 valence electrons. The Balaban J connectivity index is 1.74. The first-order valence-electron chi connectivity index (χ1n) is 7.47. The van der Waals surface area contributed by atoms with Gasteiger partial charge in [-0.1, -0.05) is 30.4 Å². The SMILES string of the molecule is C[C@@H](C(=O)Nc1ccccc1)N1C(=O)[C@H]2CC=CC[C@H]2C1=O. The zero-order chi connectivity index (χ0) is 15.7. The number of nitrogens with one attached hydrogen (secondary N) is 1. The molecule has 3 rings (SSSR count). The molecule has 5 heteroatoms. The summed E-state index contributed by atoms with van der Waals surface area (Å²) in [6.07, 6.45) is 5.03. The Bertz CT molecular complexity index is 613. The summed E-state index contributed by atoms with van der Waals surface area (Å²) in [5.74, 6) is -1.40. The number of anilines is 1. The lowest BCUT2D eigenvalue weighted by molar-refractivity contribution is -0.146. The molecule has 1 saturated heterocycles. The third-order valence-electron chi connectivity index (χ3n) is 4.35. The number of allylic oxidation sites excluding steroid dienone is 2. The van der Waals surface area contributed by atoms with Crippen LogP contribution in [0.5, 0.6) is 0 Å². The summed E-state index contributed by atoms with van der Waals surface area (Å²) in [5.41, 5.74) is 0.650. The van der Waals surface area contributed by atoms with Crippen LogP contribution in [-0.2, 0) is 14.4 Å². The maximum Gasteiger partial charge on any atom is 0.247 e. The lowest BCUT2D eigenvalue weighted by atomic mass is 9.85. The van der Waals surface area contributed by atoms with Crippen LogP contribution in [0.4, 0.5) is 5.69 Å². The quantitative estimate of drug-likeness (QED) is 0.685. The van der Waals surface area contributed by atoms with Gasteiger partial charge in [0.25, 0.3) is 0 Å². The zero-order valence-corrected chi connectivity index (χ0v) is 12.4. The molecule has 1 aromatic carbocycles. The molecule has 1 aromatic rings. The molecule has 0 radical (unpaired) electrons. The van der Waals surface area contributed by atoms with Crippen molar-refractivity contribution >= 4 is 23.4 Å². The number of hydrogen-bond donors (Lipinski definition) is 1. The first kappa shape index (κ1) is 14.5. The minimum atomic E-state index is -0.800. The maximum absolute atomic E-state index is 12.4. The van der Waals surface area contributed by atoms with Crippen molar-refractivity contribution in [3.8, 4) is 0 Å². The maximum atomic E-state index is 12.4. The van der Waals surface area contributed by atoms with Gasteiger partial charge in [0.1, 0.15) is 6.04 Å². The van der Waals surface area contributed by atoms with E-state index in [4.69, 9.17) is 0 Å². The standard InChI is InChI=1S/C17H18N2O3/c1-11(15(20)18-12-7-3-2-4-8-12)19-16(21)13-9-5-6-10-14(13)17(19)22/h2-8,11,13-14H,9-10H2,1H3,(H,18,20)/t11-,13-,14+/m0/s1. The van der Waals surface area contributed by atoms with Crippen molar-refractivity contribution in [2.75, 3.05) is 5.32 Å². The number of likely N-dealkylation sites (tertiary alicyclic amines) is 1. The Kier molecular flexibility index (Phi) is 3.79. The highest BCUT2D eigenvalue weighted by atomic mass is 16.2. The van der Waals surface area contributed by atoms with Crippen molar-refractivity contribution in [2.45, 2.75) is 25.8 Å². The van der Waals surface area contributed by atoms with Gasteiger partial charge < -0.3 is 5.32 Å². The molecule has 1 aliphatic heterocycles. The Hall–Kier alpha value is -2.43. The molecule has 1 aliphatic carbocycles. The molecule has 1 fully saturated rings. The number of rotatable bonds is 3. The fourth-order valence-corrected chi connectivity index (χ4v) is 3.09. The number of para-hydroxylation sites is 1. The Labute approximate surface area is 129 Å². The van der Waals surface area contributed by atoms with E-state index in [1.54, 1.807) is 19.1 Å². The van der Waals surface area contributed by atoms with Gasteiger partial charge >= 0.3 is 0 Å². The molecule has 0 spiro atoms. The van der Waals surface area contributed by atoms with Crippen LogP contribution in [0.2, 0.25) is 0 Å². The highest BCUT2D eigenvalue weighted by Gasteiger charge is 2.50. The normalized spacial score (nSPS) is 25.0. The van der Waals surface area contributed by atoms with E-state index in [9.17, 15) is 14.4 Å². The van der Waals surface area contributed by atoms with Crippen molar-refractivity contribution in [2.24, 2.45) is 11.8 Å². The van der Waals surface area contributed by atoms with Gasteiger partial charge in [-0.25, -0.2) is 0 Å². The molecule has 22 heavy (non-hydrogen) atoms. The van der Waals surface area contributed by atoms with Gasteiger partial charge in [-0.05, 0) is 31.9 Å². The smallest absolute Gasteiger partial charge is 0.247 e. The first-order chi connectivity index (χ1) is 10.6. The number of nitrogens with zero attached hydrogens (tertiary/aromatic N) is 1. The van der Waals surface area contributed by atoms with Gasteiger partial charge in [0.05, 0.1) is 11.8 Å². The molecule has 0 bridgehead atoms. The summed E-state index contributed by atoms with van der Waals surface area (Å²) in [5, 5.41) is 2.74. The molecule has 0 aromatic heterocycles. The van der Waals surface area contributed by atoms with Crippen LogP contribution < -0.4 is 5.32 Å². The van der Waals surface area contributed by atoms with E-state index in [1.807, 2.05) is 30.4 Å². The van der Waals surface area contributed by atoms with Gasteiger partial charge in [-0.2, -0.15) is 0 Å². The summed E-state index contributed by atoms with van der Waals surface area (Å²) in [7, 11) is 0. The van der Waals surface area contributed by atoms with Gasteiger partial charge in [-0.15, -0.1) is 0 Å². The van der Waals surface area contributed by atoms with Crippen molar-refractivity contribution in [3.05, 3.63) is 42.5 Å². The van der Waals surface area contributed by atoms with E-state index in [1.165, 1.54) is 0 Å². The van der Waals surface area contributed by atoms with Crippen molar-refractivity contribution in [3.63, 3.8) is 0 Å². The minimum absolute atomic E-state index is 0.227. The summed E-state index contributed by atoms with van der Waals surface area (Å²) >= 11 is 0. The summed E-state index contributed by atoms with van der Waals surface area (Å²) in [6.45, 7) is 1.60. The molecule has 3 atom stereocenters. The van der Waals surface area contributed by atoms with Crippen molar-refractivity contribution < 1.29 is 14.4 Å². The molecule has 0 unspecified atom stereocenters. The lowest BCUT2D eigenvalue weighted by Crippen LogP contribution is -2.46. The zero-order valence-electron chi connectivity index (χ0n) is 12.4. The monoisotopic (exact) mass is 298 g/mol. The highest BCUT2D eigenvalue weighted by molar-refractivity contribution is 6.10. The summed E-state index contributed by atoms with van der Waals surface area (Å²) in [4.78, 5) is 38.3. The average molecular weight is 298 g/mol. The largest absolute Gasteiger partial charge is 0.324 e. The first-order valence-corrected chi connectivity index (χ1v) is 7.47. The lowest BCUT2D eigenvalue weighted by Gasteiger charge is -2.22. The summed E-state index contributed by atoms with van der Waals surface area (Å²) < 4.78 is 0. The predicted octanol–water partition coefficient (Wildman–Crippen LogP) is 1.96. The topological polar surface area (TPSA) is 66.5 Å². The molecule has 0 saturated carbocycles. The number of carbonyl (C=O) groups excluding carboxylic acids is 3. The molecule has 1 heterocycles.